The zero-order chi connectivity index (χ0) is 52.4. The Balaban J connectivity index is 0.000000617. The Morgan fingerprint density at radius 3 is 1.45 bits per heavy atom. The summed E-state index contributed by atoms with van der Waals surface area (Å²) in [5.41, 5.74) is 6.45. The maximum atomic E-state index is 14.2. The van der Waals surface area contributed by atoms with Crippen molar-refractivity contribution in [3.05, 3.63) is 83.7 Å². The van der Waals surface area contributed by atoms with E-state index in [1.54, 1.807) is 12.1 Å². The second-order valence-corrected chi connectivity index (χ2v) is 18.6. The molecule has 27 heteroatoms. The summed E-state index contributed by atoms with van der Waals surface area (Å²) in [6, 6.07) is 12.5. The molecule has 2 aliphatic carbocycles. The van der Waals surface area contributed by atoms with Gasteiger partial charge in [-0.2, -0.15) is 9.97 Å². The van der Waals surface area contributed by atoms with Crippen LogP contribution in [0.2, 0.25) is 0 Å². The molecular formula is C47H62Br2F8N10Na2O5. The first kappa shape index (κ1) is 67.3. The summed E-state index contributed by atoms with van der Waals surface area (Å²) in [5, 5.41) is 22.5. The van der Waals surface area contributed by atoms with Crippen LogP contribution in [0.15, 0.2) is 60.9 Å². The normalized spacial score (nSPS) is 18.4. The van der Waals surface area contributed by atoms with Crippen LogP contribution < -0.4 is 101 Å². The van der Waals surface area contributed by atoms with Crippen molar-refractivity contribution in [3.8, 4) is 11.5 Å². The summed E-state index contributed by atoms with van der Waals surface area (Å²) >= 11 is 6.66. The van der Waals surface area contributed by atoms with Crippen LogP contribution in [0.5, 0.6) is 11.5 Å². The number of para-hydroxylation sites is 2. The van der Waals surface area contributed by atoms with E-state index in [0.717, 1.165) is 61.6 Å². The summed E-state index contributed by atoms with van der Waals surface area (Å²) in [7, 11) is 0. The number of nitrogens with two attached hydrogens (primary N) is 1. The number of nitrogens with zero attached hydrogens (tertiary/aromatic N) is 5. The van der Waals surface area contributed by atoms with Crippen LogP contribution >= 0.6 is 31.9 Å². The standard InChI is InChI=1S/C23H29F4N5O.C19H23F4N5O.C4H8Br2.CH2O3.2Na.H/c24-19-15-30-22(29-14-17-5-1-2-6-20(17)33-23(25,26)27)31-21(19)28-13-16-7-9-18(10-8-16)32-11-3-4-12-32;20-15-11-27-18(28-17(15)25-9-12-5-7-14(24)8-6-12)26-10-13-3-1-2-4-16(13)29-19(21,22)23;5-3-1-2-4-6;2-1-4-3;;;/h1-2,5-6,15-16,18H,3-4,7-14H2,(H2,28,29,30,31);1-4,11-12,14H,5-10,24H2,(H2,25,26,27,28);1-4H2;1,3H;;;/q;;;;2*+1;-1/p-1. The number of anilines is 4. The third-order valence-corrected chi connectivity index (χ3v) is 12.9. The predicted octanol–water partition coefficient (Wildman–Crippen LogP) is 4.36. The molecule has 0 radical (unpaired) electrons. The number of likely N-dealkylation sites (tertiary alicyclic amines) is 1. The van der Waals surface area contributed by atoms with E-state index in [1.165, 1.54) is 88.0 Å². The number of hydrogen-bond acceptors (Lipinski definition) is 15. The zero-order valence-electron chi connectivity index (χ0n) is 42.4. The molecule has 1 saturated heterocycles. The molecule has 0 atom stereocenters. The Morgan fingerprint density at radius 1 is 0.676 bits per heavy atom. The summed E-state index contributed by atoms with van der Waals surface area (Å²) in [5.74, 6) is -0.555. The van der Waals surface area contributed by atoms with Gasteiger partial charge in [-0.05, 0) is 114 Å². The maximum absolute atomic E-state index is 14.2. The molecule has 74 heavy (non-hydrogen) atoms. The SMILES string of the molecule is BrCCCCBr.Fc1cnc(NCc2ccccc2OC(F)(F)F)nc1NCC1CCC(N2CCCC2)CC1.NC1CCC(CNc2nc(NCc3ccccc3OC(F)(F)F)ncc2F)CC1.O=CO[O-].[H-].[Na+].[Na+]. The number of alkyl halides is 8. The molecule has 1 aliphatic heterocycles. The number of rotatable bonds is 19. The van der Waals surface area contributed by atoms with Crippen molar-refractivity contribution in [3.63, 3.8) is 0 Å². The Kier molecular flexibility index (Phi) is 33.0. The van der Waals surface area contributed by atoms with Crippen LogP contribution in [0.4, 0.5) is 58.7 Å². The van der Waals surface area contributed by atoms with Gasteiger partial charge in [-0.1, -0.05) is 68.3 Å². The maximum Gasteiger partial charge on any atom is 1.00 e. The summed E-state index contributed by atoms with van der Waals surface area (Å²) < 4.78 is 112. The number of nitrogens with one attached hydrogen (secondary N) is 4. The Morgan fingerprint density at radius 2 is 1.07 bits per heavy atom. The Bertz CT molecular complexity index is 2190. The van der Waals surface area contributed by atoms with Crippen LogP contribution in [-0.2, 0) is 22.8 Å². The van der Waals surface area contributed by atoms with Crippen molar-refractivity contribution in [2.75, 3.05) is 58.1 Å². The van der Waals surface area contributed by atoms with Crippen molar-refractivity contribution in [2.24, 2.45) is 17.6 Å². The third-order valence-electron chi connectivity index (χ3n) is 11.8. The average Bonchev–Trinajstić information content (AvgIpc) is 3.91. The number of carbonyl (C=O) groups excluding carboxylic acids is 1. The first-order chi connectivity index (χ1) is 34.5. The van der Waals surface area contributed by atoms with E-state index in [0.29, 0.717) is 31.0 Å². The van der Waals surface area contributed by atoms with Gasteiger partial charge in [0, 0.05) is 60.0 Å². The molecule has 3 aliphatic rings. The van der Waals surface area contributed by atoms with Crippen molar-refractivity contribution < 1.29 is 120 Å². The smallest absolute Gasteiger partial charge is 1.00 e. The van der Waals surface area contributed by atoms with Gasteiger partial charge in [-0.15, -0.1) is 26.3 Å². The number of ether oxygens (including phenoxy) is 2. The Hall–Kier alpha value is -2.85. The molecule has 3 fully saturated rings. The number of hydrogen-bond donors (Lipinski definition) is 5. The van der Waals surface area contributed by atoms with Crippen LogP contribution in [0, 0.1) is 23.5 Å². The van der Waals surface area contributed by atoms with Crippen molar-refractivity contribution >= 4 is 61.9 Å². The van der Waals surface area contributed by atoms with Crippen LogP contribution in [-0.4, -0.2) is 93.0 Å². The Labute approximate surface area is 488 Å². The molecule has 7 rings (SSSR count). The molecule has 3 heterocycles. The van der Waals surface area contributed by atoms with Gasteiger partial charge in [0.15, 0.2) is 23.3 Å². The van der Waals surface area contributed by atoms with E-state index in [-0.39, 0.29) is 132 Å². The van der Waals surface area contributed by atoms with Gasteiger partial charge in [0.05, 0.1) is 12.4 Å². The van der Waals surface area contributed by atoms with Gasteiger partial charge in [-0.25, -0.2) is 18.7 Å². The van der Waals surface area contributed by atoms with E-state index >= 15 is 0 Å². The van der Waals surface area contributed by atoms with Crippen LogP contribution in [0.1, 0.15) is 89.6 Å². The van der Waals surface area contributed by atoms with E-state index < -0.39 is 24.4 Å². The first-order valence-corrected chi connectivity index (χ1v) is 25.8. The third kappa shape index (κ3) is 26.5. The second-order valence-electron chi connectivity index (χ2n) is 17.0. The largest absolute Gasteiger partial charge is 1.00 e. The fraction of sp³-hybridized carbons (Fsp3) is 0.553. The molecule has 0 bridgehead atoms. The minimum absolute atomic E-state index is 0. The monoisotopic (exact) mass is 1200 g/mol. The average molecular weight is 1200 g/mol. The quantitative estimate of drug-likeness (QED) is 0.0169. The van der Waals surface area contributed by atoms with Crippen molar-refractivity contribution in [1.29, 1.82) is 0 Å². The summed E-state index contributed by atoms with van der Waals surface area (Å²) in [4.78, 5) is 29.9. The minimum Gasteiger partial charge on any atom is -1.00 e. The number of benzene rings is 2. The number of unbranched alkanes of at least 4 members (excludes halogenated alkanes) is 1. The van der Waals surface area contributed by atoms with Crippen molar-refractivity contribution in [1.82, 2.24) is 24.8 Å². The number of carbonyl (C=O) groups is 1. The summed E-state index contributed by atoms with van der Waals surface area (Å²) in [6.45, 7) is 3.42. The van der Waals surface area contributed by atoms with E-state index in [9.17, 15) is 35.1 Å². The van der Waals surface area contributed by atoms with E-state index in [4.69, 9.17) is 15.8 Å². The fourth-order valence-corrected chi connectivity index (χ4v) is 8.93. The van der Waals surface area contributed by atoms with E-state index in [1.807, 2.05) is 0 Å². The molecule has 6 N–H and O–H groups in total. The molecule has 402 valence electrons. The van der Waals surface area contributed by atoms with Crippen molar-refractivity contribution in [2.45, 2.75) is 115 Å². The molecule has 15 nitrogen and oxygen atoms in total. The number of halogens is 10. The molecule has 2 aromatic carbocycles. The second kappa shape index (κ2) is 36.3. The van der Waals surface area contributed by atoms with Crippen LogP contribution in [0.3, 0.4) is 0 Å². The molecule has 0 amide bonds. The molecule has 4 aromatic rings. The fourth-order valence-electron chi connectivity index (χ4n) is 8.13. The molecular weight excluding hydrogens is 1140 g/mol. The predicted molar refractivity (Wildman–Crippen MR) is 263 cm³/mol. The van der Waals surface area contributed by atoms with Gasteiger partial charge in [0.2, 0.25) is 11.9 Å². The van der Waals surface area contributed by atoms with Gasteiger partial charge in [0.25, 0.3) is 6.47 Å². The van der Waals surface area contributed by atoms with Gasteiger partial charge in [0.1, 0.15) is 11.5 Å². The molecule has 2 saturated carbocycles. The first-order valence-electron chi connectivity index (χ1n) is 23.5. The van der Waals surface area contributed by atoms with Gasteiger partial charge >= 0.3 is 71.8 Å². The minimum atomic E-state index is -4.79. The van der Waals surface area contributed by atoms with Gasteiger partial charge < -0.3 is 52.9 Å². The molecule has 2 aromatic heterocycles. The zero-order valence-corrected chi connectivity index (χ0v) is 48.6. The van der Waals surface area contributed by atoms with Gasteiger partial charge in [-0.3, -0.25) is 4.79 Å². The molecule has 0 spiro atoms. The number of aromatic nitrogens is 4. The summed E-state index contributed by atoms with van der Waals surface area (Å²) in [6.07, 6.45) is 6.05. The topological polar surface area (TPSA) is 197 Å². The van der Waals surface area contributed by atoms with Crippen LogP contribution in [0.25, 0.3) is 0 Å². The molecule has 0 unspecified atom stereocenters. The van der Waals surface area contributed by atoms with E-state index in [2.05, 4.69) is 92.3 Å².